The van der Waals surface area contributed by atoms with Gasteiger partial charge in [0.2, 0.25) is 0 Å². The van der Waals surface area contributed by atoms with E-state index in [-0.39, 0.29) is 11.5 Å². The van der Waals surface area contributed by atoms with Crippen LogP contribution in [0.5, 0.6) is 0 Å². The van der Waals surface area contributed by atoms with Crippen LogP contribution in [0.2, 0.25) is 5.02 Å². The lowest BCUT2D eigenvalue weighted by Crippen LogP contribution is -2.23. The lowest BCUT2D eigenvalue weighted by Gasteiger charge is -2.12. The first-order valence-corrected chi connectivity index (χ1v) is 11.9. The zero-order chi connectivity index (χ0) is 22.9. The van der Waals surface area contributed by atoms with Crippen LogP contribution in [-0.4, -0.2) is 21.7 Å². The van der Waals surface area contributed by atoms with Gasteiger partial charge in [-0.2, -0.15) is 5.10 Å². The Morgan fingerprint density at radius 3 is 2.70 bits per heavy atom. The molecule has 0 unspecified atom stereocenters. The number of hydrazone groups is 1. The minimum Gasteiger partial charge on any atom is -0.268 e. The number of nitrogens with zero attached hydrogens (tertiary/aromatic N) is 3. The van der Waals surface area contributed by atoms with Crippen LogP contribution in [0.4, 0.5) is 0 Å². The van der Waals surface area contributed by atoms with Gasteiger partial charge in [0.25, 0.3) is 11.5 Å². The number of thiophene rings is 1. The second-order valence-corrected chi connectivity index (χ2v) is 9.45. The number of hydrogen-bond acceptors (Lipinski definition) is 5. The molecule has 0 radical (unpaired) electrons. The maximum atomic E-state index is 13.4. The summed E-state index contributed by atoms with van der Waals surface area (Å²) in [4.78, 5) is 32.7. The molecule has 2 aromatic carbocycles. The van der Waals surface area contributed by atoms with Crippen LogP contribution in [0.15, 0.2) is 58.4 Å². The standard InChI is InChI=1S/C25H21ClN4O2S/c1-15-28-24-22(19-7-3-5-9-21(19)33-24)25(32)30(15)18-12-10-16(11-13-18)23(31)29-27-14-17-6-2-4-8-20(17)26/h2,4,6,8,10-14H,3,5,7,9H2,1H3,(H,29,31)/b27-14-. The second-order valence-electron chi connectivity index (χ2n) is 7.96. The molecule has 0 fully saturated rings. The molecule has 2 heterocycles. The van der Waals surface area contributed by atoms with Gasteiger partial charge in [0.1, 0.15) is 10.7 Å². The molecule has 8 heteroatoms. The molecule has 0 aliphatic heterocycles. The van der Waals surface area contributed by atoms with Gasteiger partial charge in [0.15, 0.2) is 0 Å². The number of aryl methyl sites for hydroxylation is 3. The zero-order valence-electron chi connectivity index (χ0n) is 18.0. The Balaban J connectivity index is 1.41. The van der Waals surface area contributed by atoms with E-state index < -0.39 is 0 Å². The quantitative estimate of drug-likeness (QED) is 0.330. The highest BCUT2D eigenvalue weighted by atomic mass is 35.5. The molecule has 6 nitrogen and oxygen atoms in total. The summed E-state index contributed by atoms with van der Waals surface area (Å²) >= 11 is 7.74. The molecular formula is C25H21ClN4O2S. The molecule has 0 atom stereocenters. The van der Waals surface area contributed by atoms with Crippen LogP contribution < -0.4 is 11.0 Å². The molecule has 1 amide bonds. The first-order valence-electron chi connectivity index (χ1n) is 10.7. The smallest absolute Gasteiger partial charge is 0.268 e. The summed E-state index contributed by atoms with van der Waals surface area (Å²) in [5.74, 6) is 0.280. The van der Waals surface area contributed by atoms with Crippen molar-refractivity contribution in [1.29, 1.82) is 0 Å². The summed E-state index contributed by atoms with van der Waals surface area (Å²) in [6.45, 7) is 1.84. The Morgan fingerprint density at radius 1 is 1.15 bits per heavy atom. The van der Waals surface area contributed by atoms with Gasteiger partial charge >= 0.3 is 0 Å². The third-order valence-electron chi connectivity index (χ3n) is 5.82. The number of fused-ring (bicyclic) bond motifs is 3. The molecule has 0 spiro atoms. The summed E-state index contributed by atoms with van der Waals surface area (Å²) < 4.78 is 1.63. The maximum Gasteiger partial charge on any atom is 0.271 e. The highest BCUT2D eigenvalue weighted by Crippen LogP contribution is 2.34. The number of carbonyl (C=O) groups is 1. The van der Waals surface area contributed by atoms with E-state index >= 15 is 0 Å². The Morgan fingerprint density at radius 2 is 1.91 bits per heavy atom. The molecule has 2 aromatic heterocycles. The molecular weight excluding hydrogens is 456 g/mol. The van der Waals surface area contributed by atoms with Crippen molar-refractivity contribution in [3.8, 4) is 5.69 Å². The van der Waals surface area contributed by atoms with Gasteiger partial charge in [0.05, 0.1) is 17.3 Å². The minimum absolute atomic E-state index is 0.0431. The molecule has 0 saturated carbocycles. The Labute approximate surface area is 199 Å². The SMILES string of the molecule is Cc1nc2sc3c(c2c(=O)n1-c1ccc(C(=O)N/N=C\c2ccccc2Cl)cc1)CCCC3. The number of halogens is 1. The van der Waals surface area contributed by atoms with Crippen LogP contribution in [0.1, 0.15) is 45.0 Å². The fourth-order valence-electron chi connectivity index (χ4n) is 4.18. The molecule has 0 saturated heterocycles. The Bertz CT molecular complexity index is 1450. The first kappa shape index (κ1) is 21.6. The van der Waals surface area contributed by atoms with E-state index in [4.69, 9.17) is 16.6 Å². The maximum absolute atomic E-state index is 13.4. The summed E-state index contributed by atoms with van der Waals surface area (Å²) in [6.07, 6.45) is 5.73. The van der Waals surface area contributed by atoms with E-state index in [0.29, 0.717) is 27.7 Å². The molecule has 33 heavy (non-hydrogen) atoms. The molecule has 1 aliphatic carbocycles. The van der Waals surface area contributed by atoms with E-state index in [9.17, 15) is 9.59 Å². The lowest BCUT2D eigenvalue weighted by molar-refractivity contribution is 0.0955. The number of nitrogens with one attached hydrogen (secondary N) is 1. The van der Waals surface area contributed by atoms with Gasteiger partial charge in [-0.3, -0.25) is 14.2 Å². The summed E-state index contributed by atoms with van der Waals surface area (Å²) in [6, 6.07) is 14.1. The predicted octanol–water partition coefficient (Wildman–Crippen LogP) is 5.05. The van der Waals surface area contributed by atoms with Crippen molar-refractivity contribution in [2.24, 2.45) is 5.10 Å². The Hall–Kier alpha value is -3.29. The average Bonchev–Trinajstić information content (AvgIpc) is 3.19. The van der Waals surface area contributed by atoms with Crippen molar-refractivity contribution in [1.82, 2.24) is 15.0 Å². The third kappa shape index (κ3) is 4.10. The van der Waals surface area contributed by atoms with E-state index in [1.807, 2.05) is 25.1 Å². The van der Waals surface area contributed by atoms with Gasteiger partial charge in [-0.1, -0.05) is 29.8 Å². The summed E-state index contributed by atoms with van der Waals surface area (Å²) in [5, 5.41) is 5.28. The van der Waals surface area contributed by atoms with Crippen LogP contribution in [0, 0.1) is 6.92 Å². The fraction of sp³-hybridized carbons (Fsp3) is 0.200. The van der Waals surface area contributed by atoms with Crippen molar-refractivity contribution >= 4 is 45.3 Å². The number of rotatable bonds is 4. The second kappa shape index (κ2) is 8.92. The van der Waals surface area contributed by atoms with Crippen molar-refractivity contribution in [2.45, 2.75) is 32.6 Å². The van der Waals surface area contributed by atoms with Crippen LogP contribution in [0.3, 0.4) is 0 Å². The van der Waals surface area contributed by atoms with Crippen molar-refractivity contribution in [3.05, 3.63) is 91.3 Å². The summed E-state index contributed by atoms with van der Waals surface area (Å²) in [5.41, 5.74) is 5.45. The van der Waals surface area contributed by atoms with E-state index in [0.717, 1.165) is 29.5 Å². The third-order valence-corrected chi connectivity index (χ3v) is 7.35. The van der Waals surface area contributed by atoms with Crippen LogP contribution in [0.25, 0.3) is 15.9 Å². The predicted molar refractivity (Wildman–Crippen MR) is 133 cm³/mol. The highest BCUT2D eigenvalue weighted by Gasteiger charge is 2.21. The number of benzene rings is 2. The largest absolute Gasteiger partial charge is 0.271 e. The van der Waals surface area contributed by atoms with Crippen LogP contribution in [-0.2, 0) is 12.8 Å². The molecule has 1 N–H and O–H groups in total. The van der Waals surface area contributed by atoms with Gasteiger partial charge < -0.3 is 0 Å². The van der Waals surface area contributed by atoms with Crippen LogP contribution >= 0.6 is 22.9 Å². The van der Waals surface area contributed by atoms with Crippen molar-refractivity contribution in [3.63, 3.8) is 0 Å². The fourth-order valence-corrected chi connectivity index (χ4v) is 5.66. The molecule has 1 aliphatic rings. The van der Waals surface area contributed by atoms with E-state index in [2.05, 4.69) is 10.5 Å². The van der Waals surface area contributed by atoms with Crippen molar-refractivity contribution < 1.29 is 4.79 Å². The van der Waals surface area contributed by atoms with E-state index in [1.165, 1.54) is 23.1 Å². The van der Waals surface area contributed by atoms with Gasteiger partial charge in [-0.15, -0.1) is 11.3 Å². The highest BCUT2D eigenvalue weighted by molar-refractivity contribution is 7.18. The molecule has 0 bridgehead atoms. The number of carbonyl (C=O) groups excluding carboxylic acids is 1. The van der Waals surface area contributed by atoms with Gasteiger partial charge in [-0.05, 0) is 68.5 Å². The first-order chi connectivity index (χ1) is 16.0. The molecule has 5 rings (SSSR count). The number of aromatic nitrogens is 2. The molecule has 166 valence electrons. The van der Waals surface area contributed by atoms with Gasteiger partial charge in [0, 0.05) is 21.0 Å². The Kier molecular flexibility index (Phi) is 5.83. The average molecular weight is 477 g/mol. The summed E-state index contributed by atoms with van der Waals surface area (Å²) in [7, 11) is 0. The monoisotopic (exact) mass is 476 g/mol. The topological polar surface area (TPSA) is 76.3 Å². The zero-order valence-corrected chi connectivity index (χ0v) is 19.5. The lowest BCUT2D eigenvalue weighted by atomic mass is 9.97. The van der Waals surface area contributed by atoms with Crippen molar-refractivity contribution in [2.75, 3.05) is 0 Å². The number of amides is 1. The normalized spacial score (nSPS) is 13.4. The van der Waals surface area contributed by atoms with Gasteiger partial charge in [-0.25, -0.2) is 10.4 Å². The molecule has 4 aromatic rings. The number of hydrogen-bond donors (Lipinski definition) is 1. The van der Waals surface area contributed by atoms with E-state index in [1.54, 1.807) is 46.2 Å². The minimum atomic E-state index is -0.352.